The van der Waals surface area contributed by atoms with Gasteiger partial charge in [-0.2, -0.15) is 0 Å². The molecule has 1 spiro atoms. The van der Waals surface area contributed by atoms with Gasteiger partial charge < -0.3 is 19.3 Å². The summed E-state index contributed by atoms with van der Waals surface area (Å²) < 4.78 is 10.4. The van der Waals surface area contributed by atoms with Crippen molar-refractivity contribution in [2.24, 2.45) is 0 Å². The zero-order valence-corrected chi connectivity index (χ0v) is 17.8. The van der Waals surface area contributed by atoms with Crippen molar-refractivity contribution in [1.82, 2.24) is 4.90 Å². The fourth-order valence-electron chi connectivity index (χ4n) is 3.95. The first kappa shape index (κ1) is 20.1. The first-order chi connectivity index (χ1) is 14.0. The molecule has 0 aliphatic carbocycles. The summed E-state index contributed by atoms with van der Waals surface area (Å²) in [6.45, 7) is 0.790. The lowest BCUT2D eigenvalue weighted by Gasteiger charge is -2.33. The van der Waals surface area contributed by atoms with Gasteiger partial charge in [0.15, 0.2) is 4.87 Å². The van der Waals surface area contributed by atoms with Crippen molar-refractivity contribution >= 4 is 40.9 Å². The van der Waals surface area contributed by atoms with Gasteiger partial charge in [-0.3, -0.25) is 9.59 Å². The quantitative estimate of drug-likeness (QED) is 0.725. The van der Waals surface area contributed by atoms with Crippen LogP contribution in [0.25, 0.3) is 0 Å². The van der Waals surface area contributed by atoms with Crippen LogP contribution >= 0.6 is 23.4 Å². The van der Waals surface area contributed by atoms with Gasteiger partial charge in [0.2, 0.25) is 5.91 Å². The molecule has 4 rings (SSSR count). The lowest BCUT2D eigenvalue weighted by molar-refractivity contribution is -0.143. The Morgan fingerprint density at radius 1 is 1.24 bits per heavy atom. The first-order valence-electron chi connectivity index (χ1n) is 9.19. The molecule has 0 bridgehead atoms. The predicted molar refractivity (Wildman–Crippen MR) is 113 cm³/mol. The summed E-state index contributed by atoms with van der Waals surface area (Å²) >= 11 is 7.76. The highest BCUT2D eigenvalue weighted by Gasteiger charge is 2.59. The minimum absolute atomic E-state index is 0.0681. The van der Waals surface area contributed by atoms with E-state index in [1.54, 1.807) is 29.0 Å². The second kappa shape index (κ2) is 7.89. The fraction of sp³-hybridized carbons (Fsp3) is 0.333. The molecule has 2 amide bonds. The van der Waals surface area contributed by atoms with Crippen LogP contribution in [0.4, 0.5) is 5.69 Å². The number of anilines is 1. The molecule has 0 aromatic heterocycles. The Kier molecular flexibility index (Phi) is 5.46. The van der Waals surface area contributed by atoms with Crippen LogP contribution in [0, 0.1) is 0 Å². The third-order valence-corrected chi connectivity index (χ3v) is 6.85. The maximum Gasteiger partial charge on any atom is 0.268 e. The van der Waals surface area contributed by atoms with E-state index in [0.29, 0.717) is 23.9 Å². The number of hydrogen-bond acceptors (Lipinski definition) is 5. The van der Waals surface area contributed by atoms with E-state index >= 15 is 0 Å². The van der Waals surface area contributed by atoms with E-state index in [4.69, 9.17) is 21.1 Å². The van der Waals surface area contributed by atoms with Crippen LogP contribution in [0.2, 0.25) is 5.02 Å². The molecule has 0 radical (unpaired) electrons. The summed E-state index contributed by atoms with van der Waals surface area (Å²) in [4.78, 5) is 28.8. The number of rotatable bonds is 5. The van der Waals surface area contributed by atoms with E-state index < -0.39 is 4.87 Å². The summed E-state index contributed by atoms with van der Waals surface area (Å²) in [5.74, 6) is 1.05. The van der Waals surface area contributed by atoms with E-state index in [-0.39, 0.29) is 18.4 Å². The molecule has 1 fully saturated rings. The number of carbonyl (C=O) groups excluding carboxylic acids is 2. The minimum Gasteiger partial charge on any atom is -0.497 e. The van der Waals surface area contributed by atoms with Crippen LogP contribution in [0.1, 0.15) is 11.1 Å². The van der Waals surface area contributed by atoms with Crippen LogP contribution in [0.15, 0.2) is 42.5 Å². The van der Waals surface area contributed by atoms with E-state index in [2.05, 4.69) is 0 Å². The first-order valence-corrected chi connectivity index (χ1v) is 10.6. The van der Waals surface area contributed by atoms with Crippen LogP contribution in [-0.4, -0.2) is 49.8 Å². The van der Waals surface area contributed by atoms with Crippen molar-refractivity contribution in [3.05, 3.63) is 58.6 Å². The Bertz CT molecular complexity index is 969. The molecule has 2 aliphatic rings. The Hall–Kier alpha value is -2.22. The summed E-state index contributed by atoms with van der Waals surface area (Å²) in [6.07, 6.45) is 0. The normalized spacial score (nSPS) is 20.4. The molecular formula is C21H21ClN2O4S. The smallest absolute Gasteiger partial charge is 0.268 e. The minimum atomic E-state index is -1.10. The average Bonchev–Trinajstić information content (AvgIpc) is 3.26. The van der Waals surface area contributed by atoms with Crippen LogP contribution in [0.5, 0.6) is 5.75 Å². The second-order valence-corrected chi connectivity index (χ2v) is 8.60. The SMILES string of the molecule is COCC(=O)N1CCS[C@@]12C(=O)N(Cc1cccc(OC)c1)c1ccc(Cl)cc12. The average molecular weight is 433 g/mol. The molecule has 6 nitrogen and oxygen atoms in total. The van der Waals surface area contributed by atoms with E-state index in [9.17, 15) is 9.59 Å². The molecule has 0 saturated carbocycles. The summed E-state index contributed by atoms with van der Waals surface area (Å²) in [6, 6.07) is 13.0. The van der Waals surface area contributed by atoms with Crippen molar-refractivity contribution < 1.29 is 19.1 Å². The third kappa shape index (κ3) is 3.27. The van der Waals surface area contributed by atoms with Gasteiger partial charge in [-0.15, -0.1) is 11.8 Å². The number of fused-ring (bicyclic) bond motifs is 2. The number of methoxy groups -OCH3 is 2. The third-order valence-electron chi connectivity index (χ3n) is 5.20. The van der Waals surface area contributed by atoms with Crippen LogP contribution < -0.4 is 9.64 Å². The maximum atomic E-state index is 13.8. The van der Waals surface area contributed by atoms with Crippen molar-refractivity contribution in [1.29, 1.82) is 0 Å². The number of halogens is 1. The van der Waals surface area contributed by atoms with Crippen molar-refractivity contribution in [2.75, 3.05) is 38.0 Å². The Labute approximate surface area is 178 Å². The number of carbonyl (C=O) groups is 2. The molecule has 1 saturated heterocycles. The molecule has 1 atom stereocenters. The number of nitrogens with zero attached hydrogens (tertiary/aromatic N) is 2. The summed E-state index contributed by atoms with van der Waals surface area (Å²) in [5, 5.41) is 0.533. The summed E-state index contributed by atoms with van der Waals surface area (Å²) in [5.41, 5.74) is 2.46. The molecule has 2 aliphatic heterocycles. The molecule has 2 aromatic rings. The lowest BCUT2D eigenvalue weighted by atomic mass is 10.1. The monoisotopic (exact) mass is 432 g/mol. The number of hydrogen-bond donors (Lipinski definition) is 0. The number of thioether (sulfide) groups is 1. The molecule has 8 heteroatoms. The highest BCUT2D eigenvalue weighted by molar-refractivity contribution is 8.01. The molecule has 2 heterocycles. The zero-order chi connectivity index (χ0) is 20.6. The number of amides is 2. The highest BCUT2D eigenvalue weighted by Crippen LogP contribution is 2.55. The van der Waals surface area contributed by atoms with Crippen LogP contribution in [-0.2, 0) is 25.7 Å². The number of ether oxygens (including phenoxy) is 2. The predicted octanol–water partition coefficient (Wildman–Crippen LogP) is 3.27. The van der Waals surface area contributed by atoms with Gasteiger partial charge in [0.1, 0.15) is 12.4 Å². The van der Waals surface area contributed by atoms with Gasteiger partial charge in [-0.05, 0) is 35.9 Å². The Balaban J connectivity index is 1.78. The summed E-state index contributed by atoms with van der Waals surface area (Å²) in [7, 11) is 3.09. The van der Waals surface area contributed by atoms with Gasteiger partial charge in [-0.1, -0.05) is 23.7 Å². The van der Waals surface area contributed by atoms with Crippen LogP contribution in [0.3, 0.4) is 0 Å². The molecule has 29 heavy (non-hydrogen) atoms. The second-order valence-electron chi connectivity index (χ2n) is 6.88. The lowest BCUT2D eigenvalue weighted by Crippen LogP contribution is -2.51. The van der Waals surface area contributed by atoms with E-state index in [1.807, 2.05) is 30.3 Å². The van der Waals surface area contributed by atoms with Gasteiger partial charge in [-0.25, -0.2) is 0 Å². The molecule has 0 unspecified atom stereocenters. The van der Waals surface area contributed by atoms with Gasteiger partial charge in [0, 0.05) is 30.0 Å². The molecule has 2 aromatic carbocycles. The topological polar surface area (TPSA) is 59.1 Å². The van der Waals surface area contributed by atoms with Crippen molar-refractivity contribution in [3.8, 4) is 5.75 Å². The van der Waals surface area contributed by atoms with Crippen molar-refractivity contribution in [3.63, 3.8) is 0 Å². The maximum absolute atomic E-state index is 13.8. The van der Waals surface area contributed by atoms with Gasteiger partial charge >= 0.3 is 0 Å². The van der Waals surface area contributed by atoms with Gasteiger partial charge in [0.25, 0.3) is 5.91 Å². The van der Waals surface area contributed by atoms with E-state index in [0.717, 1.165) is 22.6 Å². The fourth-order valence-corrected chi connectivity index (χ4v) is 5.60. The largest absolute Gasteiger partial charge is 0.497 e. The highest BCUT2D eigenvalue weighted by atomic mass is 35.5. The van der Waals surface area contributed by atoms with Crippen molar-refractivity contribution in [2.45, 2.75) is 11.4 Å². The Morgan fingerprint density at radius 3 is 2.83 bits per heavy atom. The molecular weight excluding hydrogens is 412 g/mol. The Morgan fingerprint density at radius 2 is 2.07 bits per heavy atom. The molecule has 152 valence electrons. The zero-order valence-electron chi connectivity index (χ0n) is 16.2. The number of benzene rings is 2. The standard InChI is InChI=1S/C21H21ClN2O4S/c1-27-13-19(25)24-8-9-29-21(24)17-11-15(22)6-7-18(17)23(20(21)26)12-14-4-3-5-16(10-14)28-2/h3-7,10-11H,8-9,12-13H2,1-2H3/t21-/m0/s1. The van der Waals surface area contributed by atoms with Gasteiger partial charge in [0.05, 0.1) is 19.3 Å². The van der Waals surface area contributed by atoms with E-state index in [1.165, 1.54) is 18.9 Å². The molecule has 0 N–H and O–H groups in total.